The smallest absolute Gasteiger partial charge is 0.322 e. The topological polar surface area (TPSA) is 87.3 Å². The maximum Gasteiger partial charge on any atom is 0.322 e. The Labute approximate surface area is 136 Å². The Morgan fingerprint density at radius 1 is 1.55 bits per heavy atom. The van der Waals surface area contributed by atoms with E-state index in [9.17, 15) is 14.4 Å². The Morgan fingerprint density at radius 3 is 2.91 bits per heavy atom. The predicted octanol–water partition coefficient (Wildman–Crippen LogP) is 1.82. The Hall–Kier alpha value is -1.60. The molecular formula is C14H16ClN3O3S. The molecule has 1 aromatic heterocycles. The van der Waals surface area contributed by atoms with Crippen LogP contribution in [0.15, 0.2) is 5.38 Å². The Morgan fingerprint density at radius 2 is 2.32 bits per heavy atom. The fraction of sp³-hybridized carbons (Fsp3) is 0.500. The van der Waals surface area contributed by atoms with Crippen LogP contribution in [0.1, 0.15) is 34.5 Å². The number of amides is 4. The lowest BCUT2D eigenvalue weighted by atomic mass is 9.87. The van der Waals surface area contributed by atoms with Gasteiger partial charge in [0, 0.05) is 12.5 Å². The lowest BCUT2D eigenvalue weighted by Gasteiger charge is -2.28. The quantitative estimate of drug-likeness (QED) is 0.733. The molecule has 1 aromatic rings. The van der Waals surface area contributed by atoms with Crippen LogP contribution in [-0.2, 0) is 4.79 Å². The summed E-state index contributed by atoms with van der Waals surface area (Å²) in [6.45, 7) is 2.18. The molecule has 0 radical (unpaired) electrons. The normalized spacial score (nSPS) is 27.1. The van der Waals surface area contributed by atoms with Gasteiger partial charge >= 0.3 is 6.03 Å². The highest BCUT2D eigenvalue weighted by Crippen LogP contribution is 2.37. The van der Waals surface area contributed by atoms with Crippen molar-refractivity contribution in [3.63, 3.8) is 0 Å². The van der Waals surface area contributed by atoms with E-state index < -0.39 is 11.6 Å². The van der Waals surface area contributed by atoms with Crippen molar-refractivity contribution in [2.45, 2.75) is 31.7 Å². The fourth-order valence-electron chi connectivity index (χ4n) is 3.20. The minimum absolute atomic E-state index is 0.109. The van der Waals surface area contributed by atoms with Crippen LogP contribution >= 0.6 is 22.9 Å². The van der Waals surface area contributed by atoms with Gasteiger partial charge in [0.15, 0.2) is 0 Å². The summed E-state index contributed by atoms with van der Waals surface area (Å²) in [5, 5.41) is 10.2. The molecule has 8 heteroatoms. The van der Waals surface area contributed by atoms with E-state index in [1.807, 2.05) is 12.3 Å². The van der Waals surface area contributed by atoms with Crippen molar-refractivity contribution in [2.75, 3.05) is 6.54 Å². The minimum Gasteiger partial charge on any atom is -0.351 e. The van der Waals surface area contributed by atoms with Gasteiger partial charge < -0.3 is 10.6 Å². The lowest BCUT2D eigenvalue weighted by Crippen LogP contribution is -2.53. The van der Waals surface area contributed by atoms with E-state index in [2.05, 4.69) is 16.0 Å². The summed E-state index contributed by atoms with van der Waals surface area (Å²) in [5.41, 5.74) is -0.00363. The second-order valence-electron chi connectivity index (χ2n) is 5.74. The van der Waals surface area contributed by atoms with Crippen LogP contribution in [0.5, 0.6) is 0 Å². The molecule has 3 rings (SSSR count). The number of nitrogens with one attached hydrogen (secondary N) is 3. The SMILES string of the molecule is Cc1csc(C(=O)NC[C@@H]2CCC[C@@]23NC(=O)NC3=O)c1Cl. The highest BCUT2D eigenvalue weighted by atomic mass is 35.5. The van der Waals surface area contributed by atoms with Gasteiger partial charge in [-0.3, -0.25) is 14.9 Å². The first-order chi connectivity index (χ1) is 10.4. The van der Waals surface area contributed by atoms with E-state index in [0.717, 1.165) is 18.4 Å². The molecule has 1 aliphatic heterocycles. The number of thiophene rings is 1. The largest absolute Gasteiger partial charge is 0.351 e. The van der Waals surface area contributed by atoms with E-state index >= 15 is 0 Å². The molecule has 1 aliphatic carbocycles. The summed E-state index contributed by atoms with van der Waals surface area (Å²) >= 11 is 7.39. The molecule has 0 bridgehead atoms. The molecule has 4 amide bonds. The Bertz CT molecular complexity index is 660. The summed E-state index contributed by atoms with van der Waals surface area (Å²) in [7, 11) is 0. The number of carbonyl (C=O) groups excluding carboxylic acids is 3. The molecule has 2 aliphatic rings. The molecule has 0 unspecified atom stereocenters. The Balaban J connectivity index is 1.68. The third-order valence-corrected chi connectivity index (χ3v) is 6.10. The van der Waals surface area contributed by atoms with Crippen LogP contribution < -0.4 is 16.0 Å². The highest BCUT2D eigenvalue weighted by Gasteiger charge is 2.54. The number of urea groups is 1. The minimum atomic E-state index is -0.875. The van der Waals surface area contributed by atoms with Gasteiger partial charge in [0.05, 0.1) is 5.02 Å². The van der Waals surface area contributed by atoms with E-state index in [1.165, 1.54) is 11.3 Å². The van der Waals surface area contributed by atoms with Crippen LogP contribution in [0.25, 0.3) is 0 Å². The Kier molecular flexibility index (Phi) is 3.86. The van der Waals surface area contributed by atoms with Gasteiger partial charge in [0.2, 0.25) is 0 Å². The zero-order valence-electron chi connectivity index (χ0n) is 12.0. The first kappa shape index (κ1) is 15.3. The van der Waals surface area contributed by atoms with Gasteiger partial charge in [-0.2, -0.15) is 0 Å². The predicted molar refractivity (Wildman–Crippen MR) is 83.1 cm³/mol. The number of carbonyl (C=O) groups is 3. The third kappa shape index (κ3) is 2.38. The monoisotopic (exact) mass is 341 g/mol. The summed E-state index contributed by atoms with van der Waals surface area (Å²) in [4.78, 5) is 36.2. The molecule has 1 spiro atoms. The molecule has 1 saturated carbocycles. The summed E-state index contributed by atoms with van der Waals surface area (Å²) in [6.07, 6.45) is 2.22. The van der Waals surface area contributed by atoms with Gasteiger partial charge in [-0.05, 0) is 30.7 Å². The van der Waals surface area contributed by atoms with Gasteiger partial charge in [-0.25, -0.2) is 4.79 Å². The third-order valence-electron chi connectivity index (χ3n) is 4.40. The molecule has 0 aromatic carbocycles. The van der Waals surface area contributed by atoms with Crippen molar-refractivity contribution in [1.29, 1.82) is 0 Å². The van der Waals surface area contributed by atoms with E-state index in [1.54, 1.807) is 0 Å². The lowest BCUT2D eigenvalue weighted by molar-refractivity contribution is -0.125. The molecule has 2 fully saturated rings. The van der Waals surface area contributed by atoms with Gasteiger partial charge in [0.1, 0.15) is 10.4 Å². The van der Waals surface area contributed by atoms with Crippen molar-refractivity contribution < 1.29 is 14.4 Å². The summed E-state index contributed by atoms with van der Waals surface area (Å²) in [6, 6.07) is -0.458. The zero-order chi connectivity index (χ0) is 15.9. The zero-order valence-corrected chi connectivity index (χ0v) is 13.6. The van der Waals surface area contributed by atoms with Crippen molar-refractivity contribution in [3.8, 4) is 0 Å². The van der Waals surface area contributed by atoms with Gasteiger partial charge in [0.25, 0.3) is 11.8 Å². The number of halogens is 1. The fourth-order valence-corrected chi connectivity index (χ4v) is 4.40. The first-order valence-electron chi connectivity index (χ1n) is 7.09. The van der Waals surface area contributed by atoms with Crippen molar-refractivity contribution in [2.24, 2.45) is 5.92 Å². The average molecular weight is 342 g/mol. The molecule has 6 nitrogen and oxygen atoms in total. The van der Waals surface area contributed by atoms with Crippen molar-refractivity contribution in [1.82, 2.24) is 16.0 Å². The van der Waals surface area contributed by atoms with Crippen LogP contribution in [0.3, 0.4) is 0 Å². The summed E-state index contributed by atoms with van der Waals surface area (Å²) < 4.78 is 0. The second-order valence-corrected chi connectivity index (χ2v) is 7.00. The van der Waals surface area contributed by atoms with E-state index in [-0.39, 0.29) is 17.7 Å². The number of imide groups is 1. The van der Waals surface area contributed by atoms with Crippen molar-refractivity contribution >= 4 is 40.8 Å². The molecule has 22 heavy (non-hydrogen) atoms. The van der Waals surface area contributed by atoms with Crippen LogP contribution in [0.2, 0.25) is 5.02 Å². The number of aryl methyl sites for hydroxylation is 1. The first-order valence-corrected chi connectivity index (χ1v) is 8.35. The highest BCUT2D eigenvalue weighted by molar-refractivity contribution is 7.13. The maximum absolute atomic E-state index is 12.2. The van der Waals surface area contributed by atoms with Crippen LogP contribution in [-0.4, -0.2) is 29.9 Å². The molecular weight excluding hydrogens is 326 g/mol. The number of hydrogen-bond donors (Lipinski definition) is 3. The van der Waals surface area contributed by atoms with Crippen molar-refractivity contribution in [3.05, 3.63) is 20.8 Å². The summed E-state index contributed by atoms with van der Waals surface area (Å²) in [5.74, 6) is -0.642. The number of hydrogen-bond acceptors (Lipinski definition) is 4. The maximum atomic E-state index is 12.2. The van der Waals surface area contributed by atoms with Gasteiger partial charge in [-0.15, -0.1) is 11.3 Å². The van der Waals surface area contributed by atoms with Crippen LogP contribution in [0, 0.1) is 12.8 Å². The average Bonchev–Trinajstić information content (AvgIpc) is 3.10. The molecule has 3 N–H and O–H groups in total. The standard InChI is InChI=1S/C14H16ClN3O3S/c1-7-6-22-10(9(7)15)11(19)16-5-8-3-2-4-14(8)12(20)17-13(21)18-14/h6,8H,2-5H2,1H3,(H,16,19)(H2,17,18,20,21)/t8-,14+/m0/s1. The molecule has 1 saturated heterocycles. The number of rotatable bonds is 3. The van der Waals surface area contributed by atoms with Crippen LogP contribution in [0.4, 0.5) is 4.79 Å². The molecule has 118 valence electrons. The van der Waals surface area contributed by atoms with Gasteiger partial charge in [-0.1, -0.05) is 18.0 Å². The van der Waals surface area contributed by atoms with E-state index in [4.69, 9.17) is 11.6 Å². The molecule has 2 heterocycles. The van der Waals surface area contributed by atoms with E-state index in [0.29, 0.717) is 22.9 Å². The second kappa shape index (κ2) is 5.55. The molecule has 2 atom stereocenters.